The Bertz CT molecular complexity index is 633. The van der Waals surface area contributed by atoms with Gasteiger partial charge in [0.2, 0.25) is 0 Å². The maximum absolute atomic E-state index is 11.2. The van der Waals surface area contributed by atoms with Crippen molar-refractivity contribution < 1.29 is 4.79 Å². The molecule has 1 fully saturated rings. The van der Waals surface area contributed by atoms with Gasteiger partial charge in [-0.05, 0) is 30.3 Å². The fraction of sp³-hybridized carbons (Fsp3) is 0.294. The van der Waals surface area contributed by atoms with Gasteiger partial charge in [-0.3, -0.25) is 4.79 Å². The number of carbonyl (C=O) groups is 1. The van der Waals surface area contributed by atoms with E-state index in [0.29, 0.717) is 5.56 Å². The van der Waals surface area contributed by atoms with Crippen LogP contribution in [0.4, 0.5) is 5.82 Å². The number of carbonyl (C=O) groups excluding carboxylic acids is 1. The third-order valence-corrected chi connectivity index (χ3v) is 3.97. The molecule has 0 bridgehead atoms. The van der Waals surface area contributed by atoms with Crippen LogP contribution in [0.2, 0.25) is 0 Å². The average molecular weight is 281 g/mol. The fourth-order valence-corrected chi connectivity index (χ4v) is 2.66. The highest BCUT2D eigenvalue weighted by Gasteiger charge is 2.16. The average Bonchev–Trinajstić information content (AvgIpc) is 2.55. The third kappa shape index (κ3) is 2.95. The summed E-state index contributed by atoms with van der Waals surface area (Å²) in [4.78, 5) is 20.3. The molecule has 0 spiro atoms. The van der Waals surface area contributed by atoms with Gasteiger partial charge in [0, 0.05) is 37.9 Å². The molecule has 3 rings (SSSR count). The molecule has 0 unspecified atom stereocenters. The molecule has 0 amide bonds. The molecular formula is C17H19N3O. The molecule has 21 heavy (non-hydrogen) atoms. The highest BCUT2D eigenvalue weighted by atomic mass is 16.1. The molecule has 108 valence electrons. The molecule has 0 radical (unpaired) electrons. The van der Waals surface area contributed by atoms with Gasteiger partial charge in [0.15, 0.2) is 6.29 Å². The lowest BCUT2D eigenvalue weighted by Gasteiger charge is -2.33. The summed E-state index contributed by atoms with van der Waals surface area (Å²) in [5, 5.41) is 0. The molecule has 4 nitrogen and oxygen atoms in total. The van der Waals surface area contributed by atoms with E-state index in [0.717, 1.165) is 49.4 Å². The quantitative estimate of drug-likeness (QED) is 0.809. The van der Waals surface area contributed by atoms with Crippen molar-refractivity contribution in [2.45, 2.75) is 0 Å². The highest BCUT2D eigenvalue weighted by Crippen LogP contribution is 2.25. The molecule has 1 saturated heterocycles. The van der Waals surface area contributed by atoms with E-state index >= 15 is 0 Å². The number of aromatic nitrogens is 1. The van der Waals surface area contributed by atoms with Crippen molar-refractivity contribution in [3.8, 4) is 11.1 Å². The summed E-state index contributed by atoms with van der Waals surface area (Å²) in [6.45, 7) is 4.08. The van der Waals surface area contributed by atoms with Crippen LogP contribution in [-0.4, -0.2) is 49.4 Å². The van der Waals surface area contributed by atoms with Gasteiger partial charge in [-0.1, -0.05) is 24.3 Å². The molecule has 0 saturated carbocycles. The predicted octanol–water partition coefficient (Wildman–Crippen LogP) is 2.31. The van der Waals surface area contributed by atoms with Gasteiger partial charge in [0.05, 0.1) is 0 Å². The molecule has 4 heteroatoms. The summed E-state index contributed by atoms with van der Waals surface area (Å²) < 4.78 is 0. The minimum atomic E-state index is 0.716. The summed E-state index contributed by atoms with van der Waals surface area (Å²) in [7, 11) is 2.14. The van der Waals surface area contributed by atoms with Gasteiger partial charge in [0.1, 0.15) is 5.82 Å². The number of likely N-dealkylation sites (N-methyl/N-ethyl adjacent to an activating group) is 1. The Kier molecular flexibility index (Phi) is 3.97. The van der Waals surface area contributed by atoms with Crippen molar-refractivity contribution in [1.29, 1.82) is 0 Å². The van der Waals surface area contributed by atoms with Crippen LogP contribution in [-0.2, 0) is 0 Å². The molecule has 0 N–H and O–H groups in total. The first-order valence-electron chi connectivity index (χ1n) is 7.22. The maximum Gasteiger partial charge on any atom is 0.150 e. The Morgan fingerprint density at radius 1 is 1.10 bits per heavy atom. The first-order chi connectivity index (χ1) is 10.3. The lowest BCUT2D eigenvalue weighted by atomic mass is 10.0. The molecule has 1 aliphatic rings. The van der Waals surface area contributed by atoms with E-state index in [1.54, 1.807) is 0 Å². The van der Waals surface area contributed by atoms with Crippen molar-refractivity contribution in [3.63, 3.8) is 0 Å². The van der Waals surface area contributed by atoms with Gasteiger partial charge in [0.25, 0.3) is 0 Å². The Labute approximate surface area is 125 Å². The maximum atomic E-state index is 11.2. The summed E-state index contributed by atoms with van der Waals surface area (Å²) in [6, 6.07) is 11.7. The monoisotopic (exact) mass is 281 g/mol. The van der Waals surface area contributed by atoms with Gasteiger partial charge < -0.3 is 9.80 Å². The summed E-state index contributed by atoms with van der Waals surface area (Å²) in [5.74, 6) is 0.987. The van der Waals surface area contributed by atoms with E-state index in [-0.39, 0.29) is 0 Å². The smallest absolute Gasteiger partial charge is 0.150 e. The largest absolute Gasteiger partial charge is 0.354 e. The summed E-state index contributed by atoms with van der Waals surface area (Å²) >= 11 is 0. The normalized spacial score (nSPS) is 16.0. The van der Waals surface area contributed by atoms with Crippen LogP contribution in [0.5, 0.6) is 0 Å². The molecule has 2 heterocycles. The molecule has 1 aliphatic heterocycles. The van der Waals surface area contributed by atoms with Crippen molar-refractivity contribution in [1.82, 2.24) is 9.88 Å². The zero-order valence-corrected chi connectivity index (χ0v) is 12.2. The molecule has 1 aromatic heterocycles. The van der Waals surface area contributed by atoms with Crippen LogP contribution in [0.25, 0.3) is 11.1 Å². The standard InChI is InChI=1S/C17H19N3O/c1-19-8-10-20(11-9-19)17-12-14(6-7-18-17)16-5-3-2-4-15(16)13-21/h2-7,12-13H,8-11H2,1H3. The van der Waals surface area contributed by atoms with E-state index in [2.05, 4.69) is 27.9 Å². The van der Waals surface area contributed by atoms with Gasteiger partial charge in [-0.2, -0.15) is 0 Å². The Hall–Kier alpha value is -2.20. The third-order valence-electron chi connectivity index (χ3n) is 3.97. The molecule has 0 atom stereocenters. The number of piperazine rings is 1. The minimum absolute atomic E-state index is 0.716. The van der Waals surface area contributed by atoms with E-state index in [4.69, 9.17) is 0 Å². The van der Waals surface area contributed by atoms with Gasteiger partial charge in [-0.25, -0.2) is 4.98 Å². The highest BCUT2D eigenvalue weighted by molar-refractivity contribution is 5.87. The molecular weight excluding hydrogens is 262 g/mol. The number of pyridine rings is 1. The molecule has 0 aliphatic carbocycles. The zero-order chi connectivity index (χ0) is 14.7. The number of benzene rings is 1. The first kappa shape index (κ1) is 13.8. The number of anilines is 1. The Morgan fingerprint density at radius 2 is 1.86 bits per heavy atom. The van der Waals surface area contributed by atoms with Crippen molar-refractivity contribution in [3.05, 3.63) is 48.2 Å². The van der Waals surface area contributed by atoms with Crippen LogP contribution in [0, 0.1) is 0 Å². The fourth-order valence-electron chi connectivity index (χ4n) is 2.66. The van der Waals surface area contributed by atoms with Crippen LogP contribution < -0.4 is 4.90 Å². The topological polar surface area (TPSA) is 36.4 Å². The lowest BCUT2D eigenvalue weighted by Crippen LogP contribution is -2.44. The minimum Gasteiger partial charge on any atom is -0.354 e. The SMILES string of the molecule is CN1CCN(c2cc(-c3ccccc3C=O)ccn2)CC1. The summed E-state index contributed by atoms with van der Waals surface area (Å²) in [6.07, 6.45) is 2.73. The van der Waals surface area contributed by atoms with E-state index in [1.807, 2.05) is 36.5 Å². The van der Waals surface area contributed by atoms with E-state index in [9.17, 15) is 4.79 Å². The van der Waals surface area contributed by atoms with Gasteiger partial charge >= 0.3 is 0 Å². The van der Waals surface area contributed by atoms with Crippen LogP contribution in [0.3, 0.4) is 0 Å². The number of aldehydes is 1. The van der Waals surface area contributed by atoms with Crippen LogP contribution in [0.15, 0.2) is 42.6 Å². The second-order valence-corrected chi connectivity index (χ2v) is 5.40. The van der Waals surface area contributed by atoms with Gasteiger partial charge in [-0.15, -0.1) is 0 Å². The second-order valence-electron chi connectivity index (χ2n) is 5.40. The Morgan fingerprint density at radius 3 is 2.62 bits per heavy atom. The predicted molar refractivity (Wildman–Crippen MR) is 84.8 cm³/mol. The Balaban J connectivity index is 1.91. The molecule has 1 aromatic carbocycles. The number of rotatable bonds is 3. The van der Waals surface area contributed by atoms with Crippen molar-refractivity contribution >= 4 is 12.1 Å². The van der Waals surface area contributed by atoms with Crippen LogP contribution >= 0.6 is 0 Å². The number of hydrogen-bond acceptors (Lipinski definition) is 4. The summed E-state index contributed by atoms with van der Waals surface area (Å²) in [5.41, 5.74) is 2.72. The van der Waals surface area contributed by atoms with Crippen molar-refractivity contribution in [2.24, 2.45) is 0 Å². The zero-order valence-electron chi connectivity index (χ0n) is 12.2. The lowest BCUT2D eigenvalue weighted by molar-refractivity contribution is 0.112. The number of hydrogen-bond donors (Lipinski definition) is 0. The van der Waals surface area contributed by atoms with E-state index in [1.165, 1.54) is 0 Å². The molecule has 2 aromatic rings. The van der Waals surface area contributed by atoms with E-state index < -0.39 is 0 Å². The first-order valence-corrected chi connectivity index (χ1v) is 7.22. The van der Waals surface area contributed by atoms with Crippen molar-refractivity contribution in [2.75, 3.05) is 38.1 Å². The number of nitrogens with zero attached hydrogens (tertiary/aromatic N) is 3. The van der Waals surface area contributed by atoms with Crippen LogP contribution in [0.1, 0.15) is 10.4 Å². The second kappa shape index (κ2) is 6.06.